The lowest BCUT2D eigenvalue weighted by Gasteiger charge is -2.26. The second kappa shape index (κ2) is 9.21. The molecule has 1 atom stereocenters. The molecule has 1 saturated heterocycles. The number of urea groups is 1. The highest BCUT2D eigenvalue weighted by Gasteiger charge is 2.37. The van der Waals surface area contributed by atoms with Crippen molar-refractivity contribution in [2.75, 3.05) is 19.1 Å². The van der Waals surface area contributed by atoms with Crippen molar-refractivity contribution < 1.29 is 38.5 Å². The molecule has 1 fully saturated rings. The summed E-state index contributed by atoms with van der Waals surface area (Å²) in [5.74, 6) is -2.20. The quantitative estimate of drug-likeness (QED) is 0.495. The highest BCUT2D eigenvalue weighted by Crippen LogP contribution is 2.34. The number of carbonyl (C=O) groups is 4. The molecule has 2 aromatic carbocycles. The summed E-state index contributed by atoms with van der Waals surface area (Å²) in [6.45, 7) is 1.33. The third-order valence-corrected chi connectivity index (χ3v) is 4.60. The number of methoxy groups -OCH3 is 2. The van der Waals surface area contributed by atoms with Crippen molar-refractivity contribution in [2.24, 2.45) is 0 Å². The summed E-state index contributed by atoms with van der Waals surface area (Å²) in [5, 5.41) is 11.3. The van der Waals surface area contributed by atoms with Crippen LogP contribution in [0.25, 0.3) is 6.08 Å². The van der Waals surface area contributed by atoms with E-state index < -0.39 is 29.9 Å². The minimum absolute atomic E-state index is 0.0332. The Morgan fingerprint density at radius 2 is 1.75 bits per heavy atom. The molecule has 32 heavy (non-hydrogen) atoms. The Labute approximate surface area is 183 Å². The lowest BCUT2D eigenvalue weighted by molar-refractivity contribution is -0.144. The summed E-state index contributed by atoms with van der Waals surface area (Å²) in [7, 11) is 2.85. The van der Waals surface area contributed by atoms with Gasteiger partial charge in [-0.15, -0.1) is 0 Å². The van der Waals surface area contributed by atoms with E-state index in [1.54, 1.807) is 24.3 Å². The first-order valence-electron chi connectivity index (χ1n) is 9.38. The molecule has 0 aliphatic carbocycles. The van der Waals surface area contributed by atoms with Crippen LogP contribution in [0.2, 0.25) is 0 Å². The zero-order valence-corrected chi connectivity index (χ0v) is 17.4. The molecular formula is C22H20N2O8. The smallest absolute Gasteiger partial charge is 0.344 e. The molecule has 10 nitrogen and oxygen atoms in total. The minimum atomic E-state index is -1.23. The predicted octanol–water partition coefficient (Wildman–Crippen LogP) is 2.22. The van der Waals surface area contributed by atoms with Crippen LogP contribution in [0.5, 0.6) is 17.2 Å². The van der Waals surface area contributed by atoms with Gasteiger partial charge >= 0.3 is 12.0 Å². The normalized spacial score (nSPS) is 15.9. The first-order chi connectivity index (χ1) is 15.3. The second-order valence-electron chi connectivity index (χ2n) is 6.63. The van der Waals surface area contributed by atoms with E-state index >= 15 is 0 Å². The fourth-order valence-corrected chi connectivity index (χ4v) is 2.94. The largest absolute Gasteiger partial charge is 0.497 e. The Balaban J connectivity index is 2.05. The third kappa shape index (κ3) is 4.38. The second-order valence-corrected chi connectivity index (χ2v) is 6.63. The molecule has 1 aliphatic heterocycles. The van der Waals surface area contributed by atoms with E-state index in [1.807, 2.05) is 0 Å². The van der Waals surface area contributed by atoms with Crippen LogP contribution in [0.1, 0.15) is 12.5 Å². The maximum absolute atomic E-state index is 13.1. The number of aliphatic carboxylic acids is 1. The molecule has 2 N–H and O–H groups in total. The van der Waals surface area contributed by atoms with Crippen molar-refractivity contribution in [1.82, 2.24) is 5.32 Å². The van der Waals surface area contributed by atoms with E-state index in [-0.39, 0.29) is 28.3 Å². The predicted molar refractivity (Wildman–Crippen MR) is 113 cm³/mol. The van der Waals surface area contributed by atoms with E-state index in [0.717, 1.165) is 4.90 Å². The van der Waals surface area contributed by atoms with Gasteiger partial charge in [0, 0.05) is 5.56 Å². The fourth-order valence-electron chi connectivity index (χ4n) is 2.94. The average molecular weight is 440 g/mol. The van der Waals surface area contributed by atoms with Crippen molar-refractivity contribution in [2.45, 2.75) is 13.0 Å². The van der Waals surface area contributed by atoms with Crippen LogP contribution in [0.4, 0.5) is 10.5 Å². The van der Waals surface area contributed by atoms with Crippen LogP contribution in [0, 0.1) is 0 Å². The fraction of sp³-hybridized carbons (Fsp3) is 0.182. The van der Waals surface area contributed by atoms with Crippen molar-refractivity contribution in [3.63, 3.8) is 0 Å². The van der Waals surface area contributed by atoms with E-state index in [4.69, 9.17) is 14.2 Å². The van der Waals surface area contributed by atoms with Gasteiger partial charge in [0.05, 0.1) is 19.9 Å². The number of amides is 4. The number of ether oxygens (including phenoxy) is 3. The van der Waals surface area contributed by atoms with Gasteiger partial charge in [0.15, 0.2) is 17.6 Å². The molecular weight excluding hydrogens is 420 g/mol. The first kappa shape index (κ1) is 22.3. The van der Waals surface area contributed by atoms with Gasteiger partial charge in [-0.3, -0.25) is 14.9 Å². The molecule has 10 heteroatoms. The van der Waals surface area contributed by atoms with Crippen LogP contribution in [-0.2, 0) is 14.4 Å². The lowest BCUT2D eigenvalue weighted by atomic mass is 10.1. The molecule has 0 unspecified atom stereocenters. The maximum Gasteiger partial charge on any atom is 0.344 e. The number of para-hydroxylation sites is 1. The Morgan fingerprint density at radius 1 is 1.06 bits per heavy atom. The zero-order valence-electron chi connectivity index (χ0n) is 17.4. The van der Waals surface area contributed by atoms with Crippen LogP contribution in [0.3, 0.4) is 0 Å². The highest BCUT2D eigenvalue weighted by molar-refractivity contribution is 6.39. The molecule has 0 radical (unpaired) electrons. The number of carboxylic acids is 1. The summed E-state index contributed by atoms with van der Waals surface area (Å²) in [4.78, 5) is 50.0. The van der Waals surface area contributed by atoms with Crippen LogP contribution >= 0.6 is 0 Å². The Hall–Kier alpha value is -4.34. The Morgan fingerprint density at radius 3 is 2.34 bits per heavy atom. The number of benzene rings is 2. The van der Waals surface area contributed by atoms with Gasteiger partial charge < -0.3 is 19.3 Å². The maximum atomic E-state index is 13.1. The Kier molecular flexibility index (Phi) is 6.43. The summed E-state index contributed by atoms with van der Waals surface area (Å²) in [5.41, 5.74) is 0.106. The monoisotopic (exact) mass is 440 g/mol. The SMILES string of the molecule is COc1ccc(N2C(=O)NC(=O)/C(=C\c3cccc(OC)c3O[C@@H](C)C(=O)O)C2=O)cc1. The molecule has 3 rings (SSSR count). The average Bonchev–Trinajstić information content (AvgIpc) is 2.77. The summed E-state index contributed by atoms with van der Waals surface area (Å²) >= 11 is 0. The number of carbonyl (C=O) groups excluding carboxylic acids is 3. The van der Waals surface area contributed by atoms with Gasteiger partial charge in [0.25, 0.3) is 11.8 Å². The standard InChI is InChI=1S/C22H20N2O8/c1-12(21(27)28)32-18-13(5-4-6-17(18)31-3)11-16-19(25)23-22(29)24(20(16)26)14-7-9-15(30-2)10-8-14/h4-12H,1-3H3,(H,27,28)(H,23,25,29)/b16-11+/t12-/m0/s1. The van der Waals surface area contributed by atoms with Crippen molar-refractivity contribution in [3.05, 3.63) is 53.6 Å². The van der Waals surface area contributed by atoms with Gasteiger partial charge in [0.1, 0.15) is 11.3 Å². The summed E-state index contributed by atoms with van der Waals surface area (Å²) in [6, 6.07) is 9.88. The van der Waals surface area contributed by atoms with Gasteiger partial charge in [-0.1, -0.05) is 12.1 Å². The topological polar surface area (TPSA) is 131 Å². The van der Waals surface area contributed by atoms with Crippen molar-refractivity contribution in [1.29, 1.82) is 0 Å². The number of nitrogens with zero attached hydrogens (tertiary/aromatic N) is 1. The van der Waals surface area contributed by atoms with E-state index in [9.17, 15) is 24.3 Å². The molecule has 0 aromatic heterocycles. The van der Waals surface area contributed by atoms with Crippen molar-refractivity contribution in [3.8, 4) is 17.2 Å². The first-order valence-corrected chi connectivity index (χ1v) is 9.38. The number of hydrogen-bond acceptors (Lipinski definition) is 7. The van der Waals surface area contributed by atoms with E-state index in [0.29, 0.717) is 5.75 Å². The summed E-state index contributed by atoms with van der Waals surface area (Å²) in [6.07, 6.45) is -0.00994. The van der Waals surface area contributed by atoms with Gasteiger partial charge in [-0.2, -0.15) is 0 Å². The molecule has 166 valence electrons. The third-order valence-electron chi connectivity index (χ3n) is 4.60. The van der Waals surface area contributed by atoms with Gasteiger partial charge in [-0.05, 0) is 43.3 Å². The van der Waals surface area contributed by atoms with E-state index in [2.05, 4.69) is 5.32 Å². The van der Waals surface area contributed by atoms with Crippen LogP contribution in [0.15, 0.2) is 48.0 Å². The molecule has 1 heterocycles. The molecule has 1 aliphatic rings. The van der Waals surface area contributed by atoms with Gasteiger partial charge in [-0.25, -0.2) is 14.5 Å². The van der Waals surface area contributed by atoms with Crippen LogP contribution in [-0.4, -0.2) is 49.2 Å². The number of hydrogen-bond donors (Lipinski definition) is 2. The number of anilines is 1. The molecule has 0 spiro atoms. The minimum Gasteiger partial charge on any atom is -0.497 e. The Bertz CT molecular complexity index is 1110. The summed E-state index contributed by atoms with van der Waals surface area (Å²) < 4.78 is 15.8. The number of imide groups is 2. The van der Waals surface area contributed by atoms with Crippen molar-refractivity contribution >= 4 is 35.6 Å². The molecule has 0 saturated carbocycles. The lowest BCUT2D eigenvalue weighted by Crippen LogP contribution is -2.54. The number of barbiturate groups is 1. The number of nitrogens with one attached hydrogen (secondary N) is 1. The molecule has 0 bridgehead atoms. The molecule has 2 aromatic rings. The van der Waals surface area contributed by atoms with Crippen LogP contribution < -0.4 is 24.4 Å². The van der Waals surface area contributed by atoms with E-state index in [1.165, 1.54) is 45.4 Å². The number of carboxylic acid groups (broad SMARTS) is 1. The van der Waals surface area contributed by atoms with Gasteiger partial charge in [0.2, 0.25) is 0 Å². The molecule has 4 amide bonds. The number of rotatable bonds is 7. The zero-order chi connectivity index (χ0) is 23.4. The highest BCUT2D eigenvalue weighted by atomic mass is 16.5.